The fraction of sp³-hybridized carbons (Fsp3) is 0.700. The molecule has 0 amide bonds. The number of hydrogen-bond donors (Lipinski definition) is 0. The molecule has 0 N–H and O–H groups in total. The SMILES string of the molecule is O=CC1CCC(C=C2CCC2)O1. The van der Waals surface area contributed by atoms with Gasteiger partial charge in [0.2, 0.25) is 0 Å². The highest BCUT2D eigenvalue weighted by Crippen LogP contribution is 2.29. The van der Waals surface area contributed by atoms with Gasteiger partial charge < -0.3 is 9.53 Å². The molecule has 0 aromatic rings. The summed E-state index contributed by atoms with van der Waals surface area (Å²) in [5.74, 6) is 0. The number of carbonyl (C=O) groups is 1. The zero-order chi connectivity index (χ0) is 8.39. The van der Waals surface area contributed by atoms with Gasteiger partial charge in [-0.25, -0.2) is 0 Å². The molecule has 2 fully saturated rings. The molecule has 0 aromatic heterocycles. The van der Waals surface area contributed by atoms with Gasteiger partial charge >= 0.3 is 0 Å². The molecule has 1 heterocycles. The summed E-state index contributed by atoms with van der Waals surface area (Å²) >= 11 is 0. The van der Waals surface area contributed by atoms with Crippen LogP contribution in [0, 0.1) is 0 Å². The Labute approximate surface area is 72.6 Å². The van der Waals surface area contributed by atoms with Crippen molar-refractivity contribution < 1.29 is 9.53 Å². The summed E-state index contributed by atoms with van der Waals surface area (Å²) in [6.07, 6.45) is 8.96. The van der Waals surface area contributed by atoms with Crippen LogP contribution in [0.15, 0.2) is 11.6 Å². The summed E-state index contributed by atoms with van der Waals surface area (Å²) in [7, 11) is 0. The van der Waals surface area contributed by atoms with Crippen LogP contribution in [0.2, 0.25) is 0 Å². The monoisotopic (exact) mass is 166 g/mol. The van der Waals surface area contributed by atoms with Crippen molar-refractivity contribution in [2.75, 3.05) is 0 Å². The minimum absolute atomic E-state index is 0.132. The van der Waals surface area contributed by atoms with Crippen molar-refractivity contribution in [3.05, 3.63) is 11.6 Å². The molecule has 12 heavy (non-hydrogen) atoms. The summed E-state index contributed by atoms with van der Waals surface area (Å²) < 4.78 is 5.47. The highest BCUT2D eigenvalue weighted by Gasteiger charge is 2.24. The van der Waals surface area contributed by atoms with Gasteiger partial charge in [-0.3, -0.25) is 0 Å². The molecular formula is C10H14O2. The van der Waals surface area contributed by atoms with E-state index < -0.39 is 0 Å². The van der Waals surface area contributed by atoms with Crippen LogP contribution in [0.5, 0.6) is 0 Å². The molecule has 2 nitrogen and oxygen atoms in total. The quantitative estimate of drug-likeness (QED) is 0.462. The number of hydrogen-bond acceptors (Lipinski definition) is 2. The van der Waals surface area contributed by atoms with Crippen LogP contribution in [-0.2, 0) is 9.53 Å². The van der Waals surface area contributed by atoms with Crippen molar-refractivity contribution in [2.24, 2.45) is 0 Å². The second kappa shape index (κ2) is 3.40. The van der Waals surface area contributed by atoms with E-state index in [9.17, 15) is 4.79 Å². The first-order valence-electron chi connectivity index (χ1n) is 4.69. The minimum Gasteiger partial charge on any atom is -0.363 e. The maximum atomic E-state index is 10.4. The van der Waals surface area contributed by atoms with Crippen LogP contribution >= 0.6 is 0 Å². The predicted molar refractivity (Wildman–Crippen MR) is 45.9 cm³/mol. The smallest absolute Gasteiger partial charge is 0.148 e. The summed E-state index contributed by atoms with van der Waals surface area (Å²) in [5.41, 5.74) is 1.52. The summed E-state index contributed by atoms with van der Waals surface area (Å²) in [4.78, 5) is 10.4. The van der Waals surface area contributed by atoms with Gasteiger partial charge in [-0.1, -0.05) is 11.6 Å². The van der Waals surface area contributed by atoms with Gasteiger partial charge in [0.15, 0.2) is 0 Å². The Balaban J connectivity index is 1.86. The van der Waals surface area contributed by atoms with Crippen molar-refractivity contribution in [3.8, 4) is 0 Å². The number of aldehydes is 1. The number of rotatable bonds is 2. The van der Waals surface area contributed by atoms with E-state index in [2.05, 4.69) is 6.08 Å². The molecule has 0 bridgehead atoms. The van der Waals surface area contributed by atoms with Crippen LogP contribution in [0.3, 0.4) is 0 Å². The van der Waals surface area contributed by atoms with E-state index in [0.29, 0.717) is 0 Å². The molecule has 2 unspecified atom stereocenters. The van der Waals surface area contributed by atoms with Crippen molar-refractivity contribution >= 4 is 6.29 Å². The molecule has 1 aliphatic heterocycles. The summed E-state index contributed by atoms with van der Waals surface area (Å²) in [6, 6.07) is 0. The molecule has 2 heteroatoms. The van der Waals surface area contributed by atoms with Crippen molar-refractivity contribution in [1.29, 1.82) is 0 Å². The largest absolute Gasteiger partial charge is 0.363 e. The van der Waals surface area contributed by atoms with E-state index in [4.69, 9.17) is 4.74 Å². The second-order valence-corrected chi connectivity index (χ2v) is 3.60. The predicted octanol–water partition coefficient (Wildman–Crippen LogP) is 1.84. The molecule has 66 valence electrons. The standard InChI is InChI=1S/C10H14O2/c11-7-10-5-4-9(12-10)6-8-2-1-3-8/h6-7,9-10H,1-5H2. The van der Waals surface area contributed by atoms with E-state index in [1.807, 2.05) is 0 Å². The molecule has 0 aromatic carbocycles. The van der Waals surface area contributed by atoms with E-state index >= 15 is 0 Å². The van der Waals surface area contributed by atoms with Crippen LogP contribution in [0.1, 0.15) is 32.1 Å². The third kappa shape index (κ3) is 1.58. The van der Waals surface area contributed by atoms with E-state index in [1.54, 1.807) is 0 Å². The molecule has 2 rings (SSSR count). The molecule has 0 radical (unpaired) electrons. The van der Waals surface area contributed by atoms with E-state index in [1.165, 1.54) is 24.8 Å². The van der Waals surface area contributed by atoms with Crippen molar-refractivity contribution in [3.63, 3.8) is 0 Å². The Morgan fingerprint density at radius 1 is 1.25 bits per heavy atom. The zero-order valence-electron chi connectivity index (χ0n) is 7.16. The summed E-state index contributed by atoms with van der Waals surface area (Å²) in [6.45, 7) is 0. The second-order valence-electron chi connectivity index (χ2n) is 3.60. The highest BCUT2D eigenvalue weighted by molar-refractivity contribution is 5.56. The Kier molecular flexibility index (Phi) is 2.26. The Bertz CT molecular complexity index is 202. The molecule has 2 aliphatic rings. The van der Waals surface area contributed by atoms with Gasteiger partial charge in [0, 0.05) is 0 Å². The Morgan fingerprint density at radius 3 is 2.50 bits per heavy atom. The van der Waals surface area contributed by atoms with Gasteiger partial charge in [0.05, 0.1) is 6.10 Å². The lowest BCUT2D eigenvalue weighted by atomic mass is 9.91. The van der Waals surface area contributed by atoms with E-state index in [-0.39, 0.29) is 12.2 Å². The number of allylic oxidation sites excluding steroid dienone is 1. The minimum atomic E-state index is -0.132. The lowest BCUT2D eigenvalue weighted by molar-refractivity contribution is -0.116. The van der Waals surface area contributed by atoms with Gasteiger partial charge in [-0.05, 0) is 32.1 Å². The maximum absolute atomic E-state index is 10.4. The Morgan fingerprint density at radius 2 is 2.00 bits per heavy atom. The lowest BCUT2D eigenvalue weighted by Gasteiger charge is -2.18. The van der Waals surface area contributed by atoms with Gasteiger partial charge in [-0.2, -0.15) is 0 Å². The fourth-order valence-corrected chi connectivity index (χ4v) is 1.72. The van der Waals surface area contributed by atoms with Gasteiger partial charge in [0.1, 0.15) is 12.4 Å². The normalized spacial score (nSPS) is 34.5. The van der Waals surface area contributed by atoms with Crippen LogP contribution in [-0.4, -0.2) is 18.5 Å². The average Bonchev–Trinajstić information content (AvgIpc) is 2.44. The molecule has 1 aliphatic carbocycles. The van der Waals surface area contributed by atoms with Gasteiger partial charge in [0.25, 0.3) is 0 Å². The average molecular weight is 166 g/mol. The third-order valence-electron chi connectivity index (χ3n) is 2.65. The molecule has 1 saturated carbocycles. The maximum Gasteiger partial charge on any atom is 0.148 e. The topological polar surface area (TPSA) is 26.3 Å². The lowest BCUT2D eigenvalue weighted by Crippen LogP contribution is -2.11. The molecule has 0 spiro atoms. The molecule has 2 atom stereocenters. The van der Waals surface area contributed by atoms with Crippen LogP contribution in [0.4, 0.5) is 0 Å². The molecular weight excluding hydrogens is 152 g/mol. The van der Waals surface area contributed by atoms with Gasteiger partial charge in [-0.15, -0.1) is 0 Å². The number of ether oxygens (including phenoxy) is 1. The Hall–Kier alpha value is -0.630. The van der Waals surface area contributed by atoms with Crippen LogP contribution < -0.4 is 0 Å². The summed E-state index contributed by atoms with van der Waals surface area (Å²) in [5, 5.41) is 0. The van der Waals surface area contributed by atoms with E-state index in [0.717, 1.165) is 19.1 Å². The first-order chi connectivity index (χ1) is 5.88. The fourth-order valence-electron chi connectivity index (χ4n) is 1.72. The van der Waals surface area contributed by atoms with Crippen molar-refractivity contribution in [1.82, 2.24) is 0 Å². The molecule has 1 saturated heterocycles. The zero-order valence-corrected chi connectivity index (χ0v) is 7.16. The highest BCUT2D eigenvalue weighted by atomic mass is 16.5. The van der Waals surface area contributed by atoms with Crippen LogP contribution in [0.25, 0.3) is 0 Å². The first-order valence-corrected chi connectivity index (χ1v) is 4.69. The third-order valence-corrected chi connectivity index (χ3v) is 2.65. The van der Waals surface area contributed by atoms with Crippen molar-refractivity contribution in [2.45, 2.75) is 44.3 Å². The first kappa shape index (κ1) is 7.99. The number of carbonyl (C=O) groups excluding carboxylic acids is 1.